The Labute approximate surface area is 142 Å². The first-order chi connectivity index (χ1) is 9.90. The number of ether oxygens (including phenoxy) is 1. The van der Waals surface area contributed by atoms with Crippen molar-refractivity contribution in [2.75, 3.05) is 5.75 Å². The highest BCUT2D eigenvalue weighted by Crippen LogP contribution is 2.40. The molecule has 1 fully saturated rings. The van der Waals surface area contributed by atoms with E-state index in [1.54, 1.807) is 25.1 Å². The molecule has 0 aromatic heterocycles. The second-order valence-corrected chi connectivity index (χ2v) is 9.23. The van der Waals surface area contributed by atoms with Crippen LogP contribution in [0.3, 0.4) is 0 Å². The number of alkyl halides is 1. The number of carbonyl (C=O) groups excluding carboxylic acids is 1. The highest BCUT2D eigenvalue weighted by Gasteiger charge is 2.56. The van der Waals surface area contributed by atoms with Gasteiger partial charge in [0.1, 0.15) is 4.11 Å². The van der Waals surface area contributed by atoms with E-state index in [0.717, 1.165) is 12.0 Å². The summed E-state index contributed by atoms with van der Waals surface area (Å²) >= 11 is 2.90. The summed E-state index contributed by atoms with van der Waals surface area (Å²) in [6.07, 6.45) is 0.668. The van der Waals surface area contributed by atoms with Crippen molar-refractivity contribution in [3.8, 4) is 0 Å². The zero-order valence-electron chi connectivity index (χ0n) is 11.3. The molecule has 2 rings (SSSR count). The third-order valence-electron chi connectivity index (χ3n) is 3.00. The third-order valence-corrected chi connectivity index (χ3v) is 6.43. The first-order valence-electron chi connectivity index (χ1n) is 6.35. The second-order valence-electron chi connectivity index (χ2n) is 4.53. The summed E-state index contributed by atoms with van der Waals surface area (Å²) in [5.74, 6) is -0.195. The molecule has 0 N–H and O–H groups in total. The Morgan fingerprint density at radius 1 is 1.43 bits per heavy atom. The molecular formula is C13H15IO5S2. The lowest BCUT2D eigenvalue weighted by Gasteiger charge is -2.33. The molecule has 1 saturated heterocycles. The first-order valence-corrected chi connectivity index (χ1v) is 9.99. The minimum absolute atomic E-state index is 0.0607. The van der Waals surface area contributed by atoms with E-state index in [2.05, 4.69) is 0 Å². The van der Waals surface area contributed by atoms with E-state index in [-0.39, 0.29) is 11.3 Å². The van der Waals surface area contributed by atoms with E-state index in [9.17, 15) is 13.2 Å². The summed E-state index contributed by atoms with van der Waals surface area (Å²) in [5.41, 5.74) is 0. The van der Waals surface area contributed by atoms with Gasteiger partial charge in [-0.25, -0.2) is 13.2 Å². The second kappa shape index (κ2) is 6.84. The van der Waals surface area contributed by atoms with Gasteiger partial charge in [-0.15, -0.1) is 0 Å². The van der Waals surface area contributed by atoms with Gasteiger partial charge in [0.2, 0.25) is 9.84 Å². The van der Waals surface area contributed by atoms with Crippen molar-refractivity contribution in [2.24, 2.45) is 0 Å². The van der Waals surface area contributed by atoms with Gasteiger partial charge in [0.15, 0.2) is 0 Å². The number of carbonyl (C=O) groups is 1. The monoisotopic (exact) mass is 442 g/mol. The Morgan fingerprint density at radius 3 is 2.62 bits per heavy atom. The molecule has 0 aliphatic carbocycles. The predicted octanol–water partition coefficient (Wildman–Crippen LogP) is 2.94. The highest BCUT2D eigenvalue weighted by atomic mass is 127. The number of sulfone groups is 1. The van der Waals surface area contributed by atoms with Crippen molar-refractivity contribution in [1.82, 2.24) is 0 Å². The van der Waals surface area contributed by atoms with Gasteiger partial charge in [-0.05, 0) is 60.1 Å². The number of hydrogen-bond donors (Lipinski definition) is 0. The van der Waals surface area contributed by atoms with E-state index in [1.807, 2.05) is 22.6 Å². The number of benzene rings is 1. The molecule has 2 atom stereocenters. The largest absolute Gasteiger partial charge is 0.449 e. The van der Waals surface area contributed by atoms with Crippen LogP contribution in [0.1, 0.15) is 19.8 Å². The fourth-order valence-electron chi connectivity index (χ4n) is 1.99. The van der Waals surface area contributed by atoms with Crippen LogP contribution in [-0.2, 0) is 23.6 Å². The molecule has 0 radical (unpaired) electrons. The Kier molecular flexibility index (Phi) is 5.55. The molecule has 1 aliphatic rings. The lowest BCUT2D eigenvalue weighted by atomic mass is 10.2. The predicted molar refractivity (Wildman–Crippen MR) is 88.7 cm³/mol. The molecule has 21 heavy (non-hydrogen) atoms. The molecule has 0 bridgehead atoms. The molecule has 5 nitrogen and oxygen atoms in total. The van der Waals surface area contributed by atoms with E-state index < -0.39 is 24.9 Å². The van der Waals surface area contributed by atoms with Crippen LogP contribution >= 0.6 is 34.6 Å². The summed E-state index contributed by atoms with van der Waals surface area (Å²) in [6.45, 7) is 1.66. The molecule has 0 amide bonds. The van der Waals surface area contributed by atoms with Crippen molar-refractivity contribution in [1.29, 1.82) is 0 Å². The Bertz CT molecular complexity index is 594. The Balaban J connectivity index is 2.47. The van der Waals surface area contributed by atoms with Crippen molar-refractivity contribution < 1.29 is 22.1 Å². The van der Waals surface area contributed by atoms with Crippen LogP contribution in [-0.4, -0.2) is 29.2 Å². The maximum absolute atomic E-state index is 12.9. The fraction of sp³-hybridized carbons (Fsp3) is 0.462. The summed E-state index contributed by atoms with van der Waals surface area (Å²) < 4.78 is 35.9. The van der Waals surface area contributed by atoms with Crippen LogP contribution in [0.5, 0.6) is 0 Å². The highest BCUT2D eigenvalue weighted by molar-refractivity contribution is 14.1. The Hall–Kier alpha value is -0.320. The molecule has 8 heteroatoms. The van der Waals surface area contributed by atoms with Crippen LogP contribution in [0.25, 0.3) is 0 Å². The smallest absolute Gasteiger partial charge is 0.357 e. The molecule has 2 unspecified atom stereocenters. The molecule has 0 saturated carbocycles. The van der Waals surface area contributed by atoms with Crippen molar-refractivity contribution >= 4 is 50.4 Å². The molecule has 1 aliphatic heterocycles. The van der Waals surface area contributed by atoms with E-state index in [4.69, 9.17) is 8.92 Å². The van der Waals surface area contributed by atoms with E-state index >= 15 is 0 Å². The number of hydrogen-bond acceptors (Lipinski definition) is 6. The summed E-state index contributed by atoms with van der Waals surface area (Å²) in [5, 5.41) is 0. The van der Waals surface area contributed by atoms with Crippen molar-refractivity contribution in [3.63, 3.8) is 0 Å². The SMILES string of the molecule is CC(I)OC(=O)C1(S(=O)(=O)c2ccccc2)CCCSO1. The van der Waals surface area contributed by atoms with Crippen LogP contribution in [0.15, 0.2) is 35.2 Å². The van der Waals surface area contributed by atoms with Gasteiger partial charge >= 0.3 is 5.97 Å². The normalized spacial score (nSPS) is 24.3. The molecule has 1 aromatic carbocycles. The van der Waals surface area contributed by atoms with Gasteiger partial charge in [0.25, 0.3) is 4.93 Å². The molecule has 0 spiro atoms. The average molecular weight is 442 g/mol. The minimum Gasteiger partial charge on any atom is -0.449 e. The number of esters is 1. The summed E-state index contributed by atoms with van der Waals surface area (Å²) in [7, 11) is -3.99. The van der Waals surface area contributed by atoms with Crippen LogP contribution in [0.2, 0.25) is 0 Å². The van der Waals surface area contributed by atoms with Crippen molar-refractivity contribution in [2.45, 2.75) is 33.7 Å². The topological polar surface area (TPSA) is 69.7 Å². The molecule has 1 heterocycles. The molecular weight excluding hydrogens is 427 g/mol. The van der Waals surface area contributed by atoms with Crippen LogP contribution in [0.4, 0.5) is 0 Å². The van der Waals surface area contributed by atoms with Gasteiger partial charge in [-0.1, -0.05) is 18.2 Å². The van der Waals surface area contributed by atoms with Gasteiger partial charge in [0, 0.05) is 12.2 Å². The van der Waals surface area contributed by atoms with Gasteiger partial charge < -0.3 is 4.74 Å². The average Bonchev–Trinajstić information content (AvgIpc) is 2.48. The van der Waals surface area contributed by atoms with E-state index in [1.165, 1.54) is 12.1 Å². The Morgan fingerprint density at radius 2 is 2.10 bits per heavy atom. The van der Waals surface area contributed by atoms with E-state index in [0.29, 0.717) is 12.2 Å². The van der Waals surface area contributed by atoms with Gasteiger partial charge in [0.05, 0.1) is 4.90 Å². The summed E-state index contributed by atoms with van der Waals surface area (Å²) in [6, 6.07) is 7.86. The number of rotatable bonds is 4. The van der Waals surface area contributed by atoms with Crippen molar-refractivity contribution in [3.05, 3.63) is 30.3 Å². The maximum atomic E-state index is 12.9. The zero-order chi connectivity index (χ0) is 15.5. The quantitative estimate of drug-likeness (QED) is 0.309. The third kappa shape index (κ3) is 3.38. The molecule has 1 aromatic rings. The molecule has 116 valence electrons. The van der Waals surface area contributed by atoms with Crippen LogP contribution in [0, 0.1) is 0 Å². The lowest BCUT2D eigenvalue weighted by Crippen LogP contribution is -2.50. The maximum Gasteiger partial charge on any atom is 0.357 e. The number of halogens is 1. The summed E-state index contributed by atoms with van der Waals surface area (Å²) in [4.78, 5) is 10.5. The van der Waals surface area contributed by atoms with Gasteiger partial charge in [-0.2, -0.15) is 0 Å². The van der Waals surface area contributed by atoms with Crippen LogP contribution < -0.4 is 0 Å². The fourth-order valence-corrected chi connectivity index (χ4v) is 4.99. The van der Waals surface area contributed by atoms with Gasteiger partial charge in [-0.3, -0.25) is 4.18 Å². The zero-order valence-corrected chi connectivity index (χ0v) is 15.1. The standard InChI is InChI=1S/C13H15IO5S2/c1-10(14)18-12(15)13(8-5-9-20-19-13)21(16,17)11-6-3-2-4-7-11/h2-4,6-7,10H,5,8-9H2,1H3. The minimum atomic E-state index is -3.99. The first kappa shape index (κ1) is 17.0. The lowest BCUT2D eigenvalue weighted by molar-refractivity contribution is -0.155.